The third kappa shape index (κ3) is 7.20. The van der Waals surface area contributed by atoms with Crippen molar-refractivity contribution in [3.63, 3.8) is 0 Å². The van der Waals surface area contributed by atoms with Crippen molar-refractivity contribution in [2.24, 2.45) is 0 Å². The van der Waals surface area contributed by atoms with Crippen LogP contribution in [-0.2, 0) is 26.2 Å². The molecule has 1 unspecified atom stereocenters. The van der Waals surface area contributed by atoms with Gasteiger partial charge >= 0.3 is 0 Å². The highest BCUT2D eigenvalue weighted by Crippen LogP contribution is 2.22. The molecule has 0 saturated carbocycles. The molecule has 0 aromatic heterocycles. The number of rotatable bonds is 10. The Balaban J connectivity index is 2.44. The van der Waals surface area contributed by atoms with E-state index in [0.29, 0.717) is 23.7 Å². The molecule has 0 aliphatic rings. The monoisotopic (exact) mass is 493 g/mol. The summed E-state index contributed by atoms with van der Waals surface area (Å²) in [7, 11) is -3.75. The van der Waals surface area contributed by atoms with Crippen molar-refractivity contribution in [3.05, 3.63) is 64.2 Å². The van der Waals surface area contributed by atoms with E-state index in [0.717, 1.165) is 27.3 Å². The first kappa shape index (κ1) is 26.7. The molecule has 1 atom stereocenters. The summed E-state index contributed by atoms with van der Waals surface area (Å²) in [5.74, 6) is -0.744. The lowest BCUT2D eigenvalue weighted by Gasteiger charge is -2.33. The van der Waals surface area contributed by atoms with Gasteiger partial charge in [-0.1, -0.05) is 36.7 Å². The smallest absolute Gasteiger partial charge is 0.244 e. The number of aryl methyl sites for hydroxylation is 2. The Bertz CT molecular complexity index is 1090. The van der Waals surface area contributed by atoms with Crippen molar-refractivity contribution in [1.82, 2.24) is 10.2 Å². The van der Waals surface area contributed by atoms with Gasteiger partial charge in [-0.25, -0.2) is 8.42 Å². The molecule has 0 saturated heterocycles. The lowest BCUT2D eigenvalue weighted by Crippen LogP contribution is -2.52. The van der Waals surface area contributed by atoms with Crippen molar-refractivity contribution >= 4 is 39.1 Å². The van der Waals surface area contributed by atoms with E-state index in [9.17, 15) is 18.0 Å². The second-order valence-corrected chi connectivity index (χ2v) is 10.3. The number of carbonyl (C=O) groups excluding carboxylic acids is 2. The number of likely N-dealkylation sites (N-methyl/N-ethyl adjacent to an activating group) is 1. The fraction of sp³-hybridized carbons (Fsp3) is 0.417. The van der Waals surface area contributed by atoms with Crippen LogP contribution < -0.4 is 9.62 Å². The molecule has 0 bridgehead atoms. The number of anilines is 1. The zero-order chi connectivity index (χ0) is 24.8. The van der Waals surface area contributed by atoms with Gasteiger partial charge in [-0.15, -0.1) is 0 Å². The number of benzene rings is 2. The normalized spacial score (nSPS) is 12.2. The molecule has 0 aliphatic heterocycles. The van der Waals surface area contributed by atoms with Crippen LogP contribution in [0.5, 0.6) is 0 Å². The van der Waals surface area contributed by atoms with E-state index in [1.807, 2.05) is 26.8 Å². The summed E-state index contributed by atoms with van der Waals surface area (Å²) in [6.07, 6.45) is 1.45. The maximum Gasteiger partial charge on any atom is 0.244 e. The molecular weight excluding hydrogens is 462 g/mol. The number of hydrogen-bond donors (Lipinski definition) is 1. The fourth-order valence-corrected chi connectivity index (χ4v) is 4.46. The third-order valence-electron chi connectivity index (χ3n) is 5.46. The topological polar surface area (TPSA) is 86.8 Å². The van der Waals surface area contributed by atoms with Gasteiger partial charge in [0, 0.05) is 18.1 Å². The Labute approximate surface area is 201 Å². The molecule has 2 aromatic carbocycles. The van der Waals surface area contributed by atoms with Gasteiger partial charge in [-0.2, -0.15) is 0 Å². The molecule has 0 heterocycles. The molecule has 0 aliphatic carbocycles. The van der Waals surface area contributed by atoms with Crippen molar-refractivity contribution in [1.29, 1.82) is 0 Å². The summed E-state index contributed by atoms with van der Waals surface area (Å²) in [6.45, 7) is 7.61. The first-order valence-corrected chi connectivity index (χ1v) is 13.1. The summed E-state index contributed by atoms with van der Waals surface area (Å²) in [4.78, 5) is 27.7. The zero-order valence-corrected chi connectivity index (χ0v) is 21.3. The Morgan fingerprint density at radius 3 is 2.18 bits per heavy atom. The van der Waals surface area contributed by atoms with Crippen LogP contribution in [0.1, 0.15) is 37.0 Å². The number of nitrogens with zero attached hydrogens (tertiary/aromatic N) is 2. The molecule has 0 fully saturated rings. The fourth-order valence-electron chi connectivity index (χ4n) is 3.49. The van der Waals surface area contributed by atoms with Crippen LogP contribution in [0.3, 0.4) is 0 Å². The number of hydrogen-bond acceptors (Lipinski definition) is 4. The van der Waals surface area contributed by atoms with Crippen LogP contribution in [-0.4, -0.2) is 50.5 Å². The minimum atomic E-state index is -3.75. The van der Waals surface area contributed by atoms with Gasteiger partial charge < -0.3 is 10.2 Å². The second-order valence-electron chi connectivity index (χ2n) is 8.00. The van der Waals surface area contributed by atoms with Gasteiger partial charge in [0.15, 0.2) is 0 Å². The molecule has 7 nitrogen and oxygen atoms in total. The van der Waals surface area contributed by atoms with Crippen LogP contribution in [0.2, 0.25) is 5.02 Å². The van der Waals surface area contributed by atoms with Crippen LogP contribution in [0, 0.1) is 13.8 Å². The predicted molar refractivity (Wildman–Crippen MR) is 133 cm³/mol. The highest BCUT2D eigenvalue weighted by molar-refractivity contribution is 7.92. The van der Waals surface area contributed by atoms with Crippen molar-refractivity contribution in [3.8, 4) is 0 Å². The van der Waals surface area contributed by atoms with Crippen molar-refractivity contribution in [2.45, 2.75) is 46.7 Å². The van der Waals surface area contributed by atoms with E-state index in [4.69, 9.17) is 11.6 Å². The standard InChI is InChI=1S/C24H32ClN3O4S/c1-6-22(24(30)26-7-2)27(15-19-9-11-20(25)12-10-19)23(29)16-28(33(5,31)32)21-13-8-17(3)18(4)14-21/h8-14,22H,6-7,15-16H2,1-5H3,(H,26,30). The minimum absolute atomic E-state index is 0.149. The van der Waals surface area contributed by atoms with Crippen LogP contribution in [0.4, 0.5) is 5.69 Å². The summed E-state index contributed by atoms with van der Waals surface area (Å²) < 4.78 is 26.3. The number of amides is 2. The van der Waals surface area contributed by atoms with E-state index in [1.165, 1.54) is 4.90 Å². The Hall–Kier alpha value is -2.58. The molecule has 0 radical (unpaired) electrons. The highest BCUT2D eigenvalue weighted by Gasteiger charge is 2.31. The van der Waals surface area contributed by atoms with Gasteiger partial charge in [0.05, 0.1) is 11.9 Å². The summed E-state index contributed by atoms with van der Waals surface area (Å²) in [5, 5.41) is 3.33. The number of carbonyl (C=O) groups is 2. The quantitative estimate of drug-likeness (QED) is 0.547. The van der Waals surface area contributed by atoms with Gasteiger partial charge in [0.1, 0.15) is 12.6 Å². The summed E-state index contributed by atoms with van der Waals surface area (Å²) in [6, 6.07) is 11.5. The number of halogens is 1. The van der Waals surface area contributed by atoms with Crippen molar-refractivity contribution < 1.29 is 18.0 Å². The Morgan fingerprint density at radius 2 is 1.67 bits per heavy atom. The molecule has 2 amide bonds. The zero-order valence-electron chi connectivity index (χ0n) is 19.8. The van der Waals surface area contributed by atoms with E-state index >= 15 is 0 Å². The van der Waals surface area contributed by atoms with Crippen LogP contribution >= 0.6 is 11.6 Å². The maximum atomic E-state index is 13.5. The minimum Gasteiger partial charge on any atom is -0.355 e. The largest absolute Gasteiger partial charge is 0.355 e. The predicted octanol–water partition coefficient (Wildman–Crippen LogP) is 3.67. The average Bonchev–Trinajstić information content (AvgIpc) is 2.74. The van der Waals surface area contributed by atoms with E-state index in [-0.39, 0.29) is 12.5 Å². The van der Waals surface area contributed by atoms with Gasteiger partial charge in [-0.05, 0) is 68.1 Å². The first-order chi connectivity index (χ1) is 15.5. The molecule has 9 heteroatoms. The van der Waals surface area contributed by atoms with E-state index in [1.54, 1.807) is 43.3 Å². The number of nitrogens with one attached hydrogen (secondary N) is 1. The van der Waals surface area contributed by atoms with E-state index < -0.39 is 28.5 Å². The first-order valence-electron chi connectivity index (χ1n) is 10.8. The SMILES string of the molecule is CCNC(=O)C(CC)N(Cc1ccc(Cl)cc1)C(=O)CN(c1ccc(C)c(C)c1)S(C)(=O)=O. The van der Waals surface area contributed by atoms with Crippen LogP contribution in [0.15, 0.2) is 42.5 Å². The van der Waals surface area contributed by atoms with E-state index in [2.05, 4.69) is 5.32 Å². The summed E-state index contributed by atoms with van der Waals surface area (Å²) >= 11 is 5.98. The van der Waals surface area contributed by atoms with Gasteiger partial charge in [0.25, 0.3) is 0 Å². The third-order valence-corrected chi connectivity index (χ3v) is 6.85. The average molecular weight is 494 g/mol. The van der Waals surface area contributed by atoms with Gasteiger partial charge in [0.2, 0.25) is 21.8 Å². The molecule has 33 heavy (non-hydrogen) atoms. The molecule has 1 N–H and O–H groups in total. The molecule has 180 valence electrons. The summed E-state index contributed by atoms with van der Waals surface area (Å²) in [5.41, 5.74) is 3.13. The lowest BCUT2D eigenvalue weighted by molar-refractivity contribution is -0.140. The second kappa shape index (κ2) is 11.5. The Morgan fingerprint density at radius 1 is 1.03 bits per heavy atom. The van der Waals surface area contributed by atoms with Gasteiger partial charge in [-0.3, -0.25) is 13.9 Å². The molecule has 0 spiro atoms. The molecular formula is C24H32ClN3O4S. The molecule has 2 aromatic rings. The highest BCUT2D eigenvalue weighted by atomic mass is 35.5. The van der Waals surface area contributed by atoms with Crippen LogP contribution in [0.25, 0.3) is 0 Å². The van der Waals surface area contributed by atoms with Crippen molar-refractivity contribution in [2.75, 3.05) is 23.7 Å². The number of sulfonamides is 1. The lowest BCUT2D eigenvalue weighted by atomic mass is 10.1. The Kier molecular flexibility index (Phi) is 9.31. The molecule has 2 rings (SSSR count). The maximum absolute atomic E-state index is 13.5.